The van der Waals surface area contributed by atoms with Gasteiger partial charge in [0.15, 0.2) is 5.58 Å². The average Bonchev–Trinajstić information content (AvgIpc) is 3.22. The zero-order valence-electron chi connectivity index (χ0n) is 14.1. The van der Waals surface area contributed by atoms with E-state index in [1.807, 2.05) is 23.2 Å². The van der Waals surface area contributed by atoms with Crippen LogP contribution < -0.4 is 11.5 Å². The lowest BCUT2D eigenvalue weighted by molar-refractivity contribution is 0.0562. The monoisotopic (exact) mass is 353 g/mol. The van der Waals surface area contributed by atoms with Crippen LogP contribution in [0.1, 0.15) is 18.4 Å². The smallest absolute Gasteiger partial charge is 0.292 e. The Labute approximate surface area is 149 Å². The van der Waals surface area contributed by atoms with Crippen LogP contribution in [-0.4, -0.2) is 53.3 Å². The summed E-state index contributed by atoms with van der Waals surface area (Å²) in [5.41, 5.74) is 15.1. The third-order valence-corrected chi connectivity index (χ3v) is 5.03. The first-order chi connectivity index (χ1) is 12.7. The summed E-state index contributed by atoms with van der Waals surface area (Å²) in [7, 11) is 0. The quantitative estimate of drug-likeness (QED) is 0.827. The molecule has 0 bridgehead atoms. The molecular formula is C17H19N7O2. The maximum atomic E-state index is 6.29. The van der Waals surface area contributed by atoms with E-state index in [-0.39, 0.29) is 18.0 Å². The number of oxazole rings is 1. The molecule has 5 rings (SSSR count). The highest BCUT2D eigenvalue weighted by atomic mass is 16.5. The van der Waals surface area contributed by atoms with Gasteiger partial charge < -0.3 is 20.6 Å². The van der Waals surface area contributed by atoms with E-state index in [0.717, 1.165) is 43.2 Å². The molecule has 3 aliphatic rings. The van der Waals surface area contributed by atoms with E-state index in [9.17, 15) is 0 Å². The molecule has 3 aliphatic heterocycles. The third kappa shape index (κ3) is 2.39. The maximum Gasteiger partial charge on any atom is 0.292 e. The van der Waals surface area contributed by atoms with Crippen LogP contribution in [0.5, 0.6) is 0 Å². The van der Waals surface area contributed by atoms with Gasteiger partial charge >= 0.3 is 0 Å². The van der Waals surface area contributed by atoms with E-state index in [1.54, 1.807) is 0 Å². The van der Waals surface area contributed by atoms with Crippen molar-refractivity contribution >= 4 is 35.0 Å². The van der Waals surface area contributed by atoms with Gasteiger partial charge in [0.2, 0.25) is 0 Å². The zero-order chi connectivity index (χ0) is 17.7. The van der Waals surface area contributed by atoms with E-state index < -0.39 is 6.17 Å². The fraction of sp³-hybridized carbons (Fsp3) is 0.412. The van der Waals surface area contributed by atoms with Gasteiger partial charge in [-0.3, -0.25) is 4.99 Å². The van der Waals surface area contributed by atoms with Crippen LogP contribution in [0.2, 0.25) is 0 Å². The molecule has 0 amide bonds. The number of aromatic nitrogens is 1. The molecule has 2 aromatic rings. The molecule has 1 aromatic heterocycles. The lowest BCUT2D eigenvalue weighted by atomic mass is 9.93. The highest BCUT2D eigenvalue weighted by Crippen LogP contribution is 2.31. The number of ether oxygens (including phenoxy) is 1. The molecule has 9 nitrogen and oxygen atoms in total. The van der Waals surface area contributed by atoms with Crippen molar-refractivity contribution in [3.8, 4) is 0 Å². The van der Waals surface area contributed by atoms with E-state index >= 15 is 0 Å². The van der Waals surface area contributed by atoms with Gasteiger partial charge in [0.1, 0.15) is 23.9 Å². The second-order valence-electron chi connectivity index (χ2n) is 6.63. The standard InChI is InChI=1S/C17H19N7O2/c18-15-13-14(9-1-2-12-11(7-9)22-17(19)26-12)23-24(16(13)21-8-20-15)10-3-5-25-6-4-10/h1-2,7-8,10,13,15H,3-6,18H2,(H2,19,22). The Balaban J connectivity index is 1.58. The molecule has 1 aromatic carbocycles. The summed E-state index contributed by atoms with van der Waals surface area (Å²) in [6.45, 7) is 1.46. The minimum Gasteiger partial charge on any atom is -0.424 e. The Morgan fingerprint density at radius 2 is 2.04 bits per heavy atom. The molecule has 2 atom stereocenters. The van der Waals surface area contributed by atoms with Gasteiger partial charge in [-0.15, -0.1) is 0 Å². The van der Waals surface area contributed by atoms with Crippen LogP contribution in [0, 0.1) is 5.92 Å². The average molecular weight is 353 g/mol. The van der Waals surface area contributed by atoms with Gasteiger partial charge in [-0.1, -0.05) is 0 Å². The van der Waals surface area contributed by atoms with Gasteiger partial charge in [0.25, 0.3) is 6.01 Å². The SMILES string of the molecule is Nc1nc2cc(C3=NN(C4CCOCC4)C4=NC=NC(N)C34)ccc2o1. The van der Waals surface area contributed by atoms with Crippen LogP contribution >= 0.6 is 0 Å². The van der Waals surface area contributed by atoms with Gasteiger partial charge in [0, 0.05) is 18.8 Å². The molecule has 4 heterocycles. The minimum atomic E-state index is -0.413. The van der Waals surface area contributed by atoms with Crippen molar-refractivity contribution in [2.45, 2.75) is 25.0 Å². The summed E-state index contributed by atoms with van der Waals surface area (Å²) >= 11 is 0. The molecule has 0 saturated carbocycles. The largest absolute Gasteiger partial charge is 0.424 e. The highest BCUT2D eigenvalue weighted by Gasteiger charge is 2.42. The Kier molecular flexibility index (Phi) is 3.50. The fourth-order valence-electron chi connectivity index (χ4n) is 3.74. The number of hydrogen-bond acceptors (Lipinski definition) is 9. The second-order valence-corrected chi connectivity index (χ2v) is 6.63. The first-order valence-electron chi connectivity index (χ1n) is 8.67. The summed E-state index contributed by atoms with van der Waals surface area (Å²) in [5.74, 6) is 0.679. The molecular weight excluding hydrogens is 334 g/mol. The molecule has 1 saturated heterocycles. The van der Waals surface area contributed by atoms with Crippen LogP contribution in [0.25, 0.3) is 11.1 Å². The van der Waals surface area contributed by atoms with Gasteiger partial charge in [-0.2, -0.15) is 10.1 Å². The summed E-state index contributed by atoms with van der Waals surface area (Å²) in [6.07, 6.45) is 2.94. The van der Waals surface area contributed by atoms with Crippen LogP contribution in [0.4, 0.5) is 6.01 Å². The van der Waals surface area contributed by atoms with E-state index in [2.05, 4.69) is 15.0 Å². The first kappa shape index (κ1) is 15.5. The van der Waals surface area contributed by atoms with Gasteiger partial charge in [-0.05, 0) is 31.0 Å². The number of anilines is 1. The molecule has 0 spiro atoms. The number of rotatable bonds is 2. The van der Waals surface area contributed by atoms with Crippen molar-refractivity contribution in [3.63, 3.8) is 0 Å². The number of amidine groups is 1. The number of nitrogen functional groups attached to an aromatic ring is 1. The molecule has 0 aliphatic carbocycles. The molecule has 134 valence electrons. The van der Waals surface area contributed by atoms with Crippen molar-refractivity contribution in [2.24, 2.45) is 26.7 Å². The molecule has 9 heteroatoms. The number of hydrogen-bond donors (Lipinski definition) is 2. The number of nitrogens with zero attached hydrogens (tertiary/aromatic N) is 5. The minimum absolute atomic E-state index is 0.149. The Hall–Kier alpha value is -2.78. The normalized spacial score (nSPS) is 26.1. The summed E-state index contributed by atoms with van der Waals surface area (Å²) in [5, 5.41) is 6.91. The Morgan fingerprint density at radius 3 is 2.88 bits per heavy atom. The second kappa shape index (κ2) is 5.89. The number of fused-ring (bicyclic) bond motifs is 2. The summed E-state index contributed by atoms with van der Waals surface area (Å²) in [4.78, 5) is 13.0. The van der Waals surface area contributed by atoms with Crippen LogP contribution in [0.15, 0.2) is 37.7 Å². The predicted molar refractivity (Wildman–Crippen MR) is 98.0 cm³/mol. The zero-order valence-corrected chi connectivity index (χ0v) is 14.1. The molecule has 2 unspecified atom stereocenters. The van der Waals surface area contributed by atoms with Gasteiger partial charge in [0.05, 0.1) is 17.7 Å². The molecule has 26 heavy (non-hydrogen) atoms. The number of nitrogens with two attached hydrogens (primary N) is 2. The number of hydrazone groups is 1. The summed E-state index contributed by atoms with van der Waals surface area (Å²) in [6, 6.07) is 6.12. The Morgan fingerprint density at radius 1 is 1.19 bits per heavy atom. The summed E-state index contributed by atoms with van der Waals surface area (Å²) < 4.78 is 10.8. The molecule has 1 fully saturated rings. The topological polar surface area (TPSA) is 128 Å². The lowest BCUT2D eigenvalue weighted by Crippen LogP contribution is -2.46. The Bertz CT molecular complexity index is 942. The molecule has 4 N–H and O–H groups in total. The number of aliphatic imine (C=N–C) groups is 2. The third-order valence-electron chi connectivity index (χ3n) is 5.03. The van der Waals surface area contributed by atoms with Crippen molar-refractivity contribution in [1.29, 1.82) is 0 Å². The van der Waals surface area contributed by atoms with Crippen molar-refractivity contribution in [2.75, 3.05) is 18.9 Å². The fourth-order valence-corrected chi connectivity index (χ4v) is 3.74. The molecule has 0 radical (unpaired) electrons. The van der Waals surface area contributed by atoms with E-state index in [0.29, 0.717) is 11.1 Å². The number of benzene rings is 1. The van der Waals surface area contributed by atoms with E-state index in [1.165, 1.54) is 6.34 Å². The lowest BCUT2D eigenvalue weighted by Gasteiger charge is -2.31. The van der Waals surface area contributed by atoms with Crippen molar-refractivity contribution in [3.05, 3.63) is 23.8 Å². The van der Waals surface area contributed by atoms with E-state index in [4.69, 9.17) is 25.7 Å². The first-order valence-corrected chi connectivity index (χ1v) is 8.67. The van der Waals surface area contributed by atoms with Gasteiger partial charge in [-0.25, -0.2) is 10.0 Å². The van der Waals surface area contributed by atoms with Crippen LogP contribution in [0.3, 0.4) is 0 Å². The van der Waals surface area contributed by atoms with Crippen molar-refractivity contribution in [1.82, 2.24) is 9.99 Å². The van der Waals surface area contributed by atoms with Crippen molar-refractivity contribution < 1.29 is 9.15 Å². The highest BCUT2D eigenvalue weighted by molar-refractivity contribution is 6.20. The van der Waals surface area contributed by atoms with Crippen LogP contribution in [-0.2, 0) is 4.74 Å². The predicted octanol–water partition coefficient (Wildman–Crippen LogP) is 0.950. The maximum absolute atomic E-state index is 6.29.